The smallest absolute Gasteiger partial charge is 0.0170 e. The Hall–Kier alpha value is 0.270. The number of hydrogen-bond donors (Lipinski definition) is 1. The van der Waals surface area contributed by atoms with Gasteiger partial charge in [0, 0.05) is 30.1 Å². The highest BCUT2D eigenvalue weighted by atomic mass is 32.2. The molecule has 1 N–H and O–H groups in total. The van der Waals surface area contributed by atoms with Gasteiger partial charge < -0.3 is 10.2 Å². The molecule has 88 valence electrons. The first-order valence-electron chi connectivity index (χ1n) is 6.45. The normalized spacial score (nSPS) is 27.2. The first-order valence-corrected chi connectivity index (χ1v) is 7.61. The van der Waals surface area contributed by atoms with Crippen LogP contribution in [0.5, 0.6) is 0 Å². The molecule has 0 radical (unpaired) electrons. The van der Waals surface area contributed by atoms with Gasteiger partial charge in [-0.15, -0.1) is 0 Å². The molecule has 2 aliphatic rings. The number of hydrogen-bond acceptors (Lipinski definition) is 3. The van der Waals surface area contributed by atoms with Gasteiger partial charge in [-0.3, -0.25) is 0 Å². The minimum Gasteiger partial charge on any atom is -0.312 e. The summed E-state index contributed by atoms with van der Waals surface area (Å²) in [7, 11) is 0. The Morgan fingerprint density at radius 2 is 2.20 bits per heavy atom. The Morgan fingerprint density at radius 3 is 2.80 bits per heavy atom. The van der Waals surface area contributed by atoms with Gasteiger partial charge in [0.25, 0.3) is 0 Å². The summed E-state index contributed by atoms with van der Waals surface area (Å²) in [6.07, 6.45) is 5.56. The molecule has 0 bridgehead atoms. The maximum absolute atomic E-state index is 3.63. The van der Waals surface area contributed by atoms with Crippen molar-refractivity contribution in [2.45, 2.75) is 44.7 Å². The lowest BCUT2D eigenvalue weighted by molar-refractivity contribution is 0.250. The molecule has 2 rings (SSSR count). The van der Waals surface area contributed by atoms with Crippen LogP contribution in [0.4, 0.5) is 0 Å². The molecule has 1 unspecified atom stereocenters. The van der Waals surface area contributed by atoms with Gasteiger partial charge in [0.1, 0.15) is 0 Å². The van der Waals surface area contributed by atoms with Crippen molar-refractivity contribution < 1.29 is 0 Å². The van der Waals surface area contributed by atoms with Crippen LogP contribution in [0.2, 0.25) is 0 Å². The van der Waals surface area contributed by atoms with Gasteiger partial charge in [-0.2, -0.15) is 11.8 Å². The third-order valence-electron chi connectivity index (χ3n) is 3.34. The summed E-state index contributed by atoms with van der Waals surface area (Å²) in [6.45, 7) is 6.14. The fraction of sp³-hybridized carbons (Fsp3) is 1.00. The fourth-order valence-corrected chi connectivity index (χ4v) is 3.33. The molecule has 0 amide bonds. The van der Waals surface area contributed by atoms with Crippen LogP contribution in [0.3, 0.4) is 0 Å². The molecule has 0 spiro atoms. The Labute approximate surface area is 98.2 Å². The molecule has 1 aliphatic carbocycles. The van der Waals surface area contributed by atoms with Crippen LogP contribution in [0.15, 0.2) is 0 Å². The second-order valence-electron chi connectivity index (χ2n) is 4.78. The standard InChI is InChI=1S/C12H24N2S/c1-2-7-14(12-3-4-12)8-5-11-10-15-9-6-13-11/h11-13H,2-10H2,1H3. The van der Waals surface area contributed by atoms with Gasteiger partial charge in [0.2, 0.25) is 0 Å². The Bertz CT molecular complexity index is 176. The quantitative estimate of drug-likeness (QED) is 0.748. The fourth-order valence-electron chi connectivity index (χ4n) is 2.33. The Morgan fingerprint density at radius 1 is 1.33 bits per heavy atom. The number of nitrogens with zero attached hydrogens (tertiary/aromatic N) is 1. The van der Waals surface area contributed by atoms with Crippen molar-refractivity contribution in [3.8, 4) is 0 Å². The van der Waals surface area contributed by atoms with Gasteiger partial charge in [-0.25, -0.2) is 0 Å². The molecule has 2 fully saturated rings. The zero-order valence-electron chi connectivity index (χ0n) is 9.87. The SMILES string of the molecule is CCCN(CCC1CSCCN1)C1CC1. The van der Waals surface area contributed by atoms with E-state index >= 15 is 0 Å². The summed E-state index contributed by atoms with van der Waals surface area (Å²) in [6, 6.07) is 1.73. The molecule has 0 aromatic rings. The van der Waals surface area contributed by atoms with E-state index in [1.165, 1.54) is 56.8 Å². The monoisotopic (exact) mass is 228 g/mol. The van der Waals surface area contributed by atoms with E-state index in [0.29, 0.717) is 0 Å². The lowest BCUT2D eigenvalue weighted by Gasteiger charge is -2.27. The predicted octanol–water partition coefficient (Wildman–Crippen LogP) is 1.96. The van der Waals surface area contributed by atoms with E-state index in [4.69, 9.17) is 0 Å². The van der Waals surface area contributed by atoms with Crippen molar-refractivity contribution >= 4 is 11.8 Å². The largest absolute Gasteiger partial charge is 0.312 e. The molecule has 15 heavy (non-hydrogen) atoms. The summed E-state index contributed by atoms with van der Waals surface area (Å²) >= 11 is 2.11. The van der Waals surface area contributed by atoms with Crippen LogP contribution < -0.4 is 5.32 Å². The highest BCUT2D eigenvalue weighted by molar-refractivity contribution is 7.99. The number of rotatable bonds is 6. The van der Waals surface area contributed by atoms with E-state index in [2.05, 4.69) is 28.9 Å². The van der Waals surface area contributed by atoms with Crippen LogP contribution >= 0.6 is 11.8 Å². The maximum atomic E-state index is 3.63. The van der Waals surface area contributed by atoms with Gasteiger partial charge >= 0.3 is 0 Å². The summed E-state index contributed by atoms with van der Waals surface area (Å²) in [5.74, 6) is 2.63. The minimum atomic E-state index is 0.779. The molecule has 0 aromatic heterocycles. The van der Waals surface area contributed by atoms with Crippen molar-refractivity contribution in [1.82, 2.24) is 10.2 Å². The van der Waals surface area contributed by atoms with Crippen molar-refractivity contribution in [3.63, 3.8) is 0 Å². The minimum absolute atomic E-state index is 0.779. The van der Waals surface area contributed by atoms with Crippen LogP contribution in [0.1, 0.15) is 32.6 Å². The predicted molar refractivity (Wildman–Crippen MR) is 68.6 cm³/mol. The van der Waals surface area contributed by atoms with Crippen molar-refractivity contribution in [3.05, 3.63) is 0 Å². The molecular formula is C12H24N2S. The van der Waals surface area contributed by atoms with Gasteiger partial charge in [0.05, 0.1) is 0 Å². The van der Waals surface area contributed by atoms with Crippen molar-refractivity contribution in [2.75, 3.05) is 31.1 Å². The summed E-state index contributed by atoms with van der Waals surface area (Å²) in [5.41, 5.74) is 0. The second kappa shape index (κ2) is 6.12. The van der Waals surface area contributed by atoms with Gasteiger partial charge in [-0.1, -0.05) is 6.92 Å². The van der Waals surface area contributed by atoms with Gasteiger partial charge in [0.15, 0.2) is 0 Å². The molecule has 3 heteroatoms. The lowest BCUT2D eigenvalue weighted by Crippen LogP contribution is -2.40. The highest BCUT2D eigenvalue weighted by Crippen LogP contribution is 2.27. The first-order chi connectivity index (χ1) is 7.40. The van der Waals surface area contributed by atoms with E-state index in [1.807, 2.05) is 0 Å². The van der Waals surface area contributed by atoms with Crippen molar-refractivity contribution in [2.24, 2.45) is 0 Å². The zero-order valence-corrected chi connectivity index (χ0v) is 10.7. The summed E-state index contributed by atoms with van der Waals surface area (Å²) < 4.78 is 0. The van der Waals surface area contributed by atoms with Gasteiger partial charge in [-0.05, 0) is 38.8 Å². The first kappa shape index (κ1) is 11.7. The average molecular weight is 228 g/mol. The molecule has 0 aromatic carbocycles. The topological polar surface area (TPSA) is 15.3 Å². The highest BCUT2D eigenvalue weighted by Gasteiger charge is 2.28. The third kappa shape index (κ3) is 3.97. The number of thioether (sulfide) groups is 1. The molecule has 2 nitrogen and oxygen atoms in total. The van der Waals surface area contributed by atoms with E-state index in [0.717, 1.165) is 12.1 Å². The summed E-state index contributed by atoms with van der Waals surface area (Å²) in [4.78, 5) is 2.71. The number of nitrogens with one attached hydrogen (secondary N) is 1. The zero-order chi connectivity index (χ0) is 10.5. The Balaban J connectivity index is 1.65. The molecular weight excluding hydrogens is 204 g/mol. The molecule has 1 saturated carbocycles. The van der Waals surface area contributed by atoms with Crippen LogP contribution in [0.25, 0.3) is 0 Å². The molecule has 1 aliphatic heterocycles. The second-order valence-corrected chi connectivity index (χ2v) is 5.93. The Kier molecular flexibility index (Phi) is 4.79. The van der Waals surface area contributed by atoms with Crippen LogP contribution in [0, 0.1) is 0 Å². The van der Waals surface area contributed by atoms with Crippen LogP contribution in [-0.2, 0) is 0 Å². The summed E-state index contributed by atoms with van der Waals surface area (Å²) in [5, 5.41) is 3.63. The molecule has 1 atom stereocenters. The van der Waals surface area contributed by atoms with E-state index in [9.17, 15) is 0 Å². The lowest BCUT2D eigenvalue weighted by atomic mass is 10.2. The third-order valence-corrected chi connectivity index (χ3v) is 4.47. The molecule has 1 heterocycles. The van der Waals surface area contributed by atoms with Crippen LogP contribution in [-0.4, -0.2) is 48.1 Å². The van der Waals surface area contributed by atoms with Crippen molar-refractivity contribution in [1.29, 1.82) is 0 Å². The maximum Gasteiger partial charge on any atom is 0.0170 e. The van der Waals surface area contributed by atoms with E-state index < -0.39 is 0 Å². The van der Waals surface area contributed by atoms with E-state index in [1.54, 1.807) is 0 Å². The molecule has 1 saturated heterocycles. The average Bonchev–Trinajstić information content (AvgIpc) is 3.09. The van der Waals surface area contributed by atoms with E-state index in [-0.39, 0.29) is 0 Å².